The molecule has 12 rings (SSSR count). The molecule has 0 saturated heterocycles. The highest BCUT2D eigenvalue weighted by Crippen LogP contribution is 2.72. The van der Waals surface area contributed by atoms with Crippen molar-refractivity contribution in [1.29, 1.82) is 0 Å². The topological polar surface area (TPSA) is 6.48 Å². The molecule has 0 N–H and O–H groups in total. The molecule has 3 fully saturated rings. The van der Waals surface area contributed by atoms with Crippen LogP contribution < -0.4 is 26.2 Å². The van der Waals surface area contributed by atoms with Gasteiger partial charge in [-0.2, -0.15) is 0 Å². The molecule has 2 bridgehead atoms. The molecule has 3 heteroatoms. The fourth-order valence-electron chi connectivity index (χ4n) is 14.5. The van der Waals surface area contributed by atoms with Gasteiger partial charge in [0.1, 0.15) is 0 Å². The van der Waals surface area contributed by atoms with E-state index in [-0.39, 0.29) is 39.2 Å². The highest BCUT2D eigenvalue weighted by atomic mass is 15.2. The predicted octanol–water partition coefficient (Wildman–Crippen LogP) is 15.4. The van der Waals surface area contributed by atoms with Crippen LogP contribution in [0, 0.1) is 17.8 Å². The zero-order valence-electron chi connectivity index (χ0n) is 42.9. The summed E-state index contributed by atoms with van der Waals surface area (Å²) in [6.07, 6.45) is 7.90. The molecule has 2 heterocycles. The van der Waals surface area contributed by atoms with Gasteiger partial charge >= 0.3 is 0 Å². The Morgan fingerprint density at radius 2 is 1.07 bits per heavy atom. The summed E-state index contributed by atoms with van der Waals surface area (Å²) in [6.45, 7) is 31.3. The second-order valence-corrected chi connectivity index (χ2v) is 26.7. The molecule has 6 aliphatic rings. The van der Waals surface area contributed by atoms with Gasteiger partial charge in [-0.3, -0.25) is 0 Å². The number of fused-ring (bicyclic) bond motifs is 6. The maximum absolute atomic E-state index is 2.79. The molecule has 0 amide bonds. The highest BCUT2D eigenvalue weighted by Gasteiger charge is 2.65. The molecule has 2 aliphatic heterocycles. The van der Waals surface area contributed by atoms with E-state index in [1.807, 2.05) is 0 Å². The van der Waals surface area contributed by atoms with E-state index >= 15 is 0 Å². The summed E-state index contributed by atoms with van der Waals surface area (Å²) in [6, 6.07) is 46.8. The molecule has 0 radical (unpaired) electrons. The van der Waals surface area contributed by atoms with Gasteiger partial charge in [0.25, 0.3) is 6.71 Å². The molecule has 0 spiro atoms. The molecular weight excluding hydrogens is 808 g/mol. The normalized spacial score (nSPS) is 23.9. The maximum atomic E-state index is 2.79. The third-order valence-corrected chi connectivity index (χ3v) is 18.4. The first-order valence-corrected chi connectivity index (χ1v) is 26.0. The van der Waals surface area contributed by atoms with Crippen LogP contribution in [-0.4, -0.2) is 6.71 Å². The van der Waals surface area contributed by atoms with Crippen LogP contribution in [0.25, 0.3) is 11.1 Å². The van der Waals surface area contributed by atoms with E-state index in [9.17, 15) is 0 Å². The Bertz CT molecular complexity index is 3000. The summed E-state index contributed by atoms with van der Waals surface area (Å²) in [7, 11) is 0. The Kier molecular flexibility index (Phi) is 9.07. The van der Waals surface area contributed by atoms with Gasteiger partial charge in [-0.05, 0) is 193 Å². The molecule has 2 nitrogen and oxygen atoms in total. The smallest absolute Gasteiger partial charge is 0.252 e. The summed E-state index contributed by atoms with van der Waals surface area (Å²) in [4.78, 5) is 5.49. The maximum Gasteiger partial charge on any atom is 0.252 e. The van der Waals surface area contributed by atoms with Crippen molar-refractivity contribution >= 4 is 57.2 Å². The lowest BCUT2D eigenvalue weighted by Gasteiger charge is -2.55. The van der Waals surface area contributed by atoms with Crippen LogP contribution in [0.15, 0.2) is 115 Å². The van der Waals surface area contributed by atoms with E-state index in [1.54, 1.807) is 5.56 Å². The van der Waals surface area contributed by atoms with Crippen LogP contribution in [0.5, 0.6) is 0 Å². The average Bonchev–Trinajstić information content (AvgIpc) is 3.76. The minimum atomic E-state index is -0.00627. The van der Waals surface area contributed by atoms with E-state index in [0.717, 1.165) is 17.8 Å². The zero-order chi connectivity index (χ0) is 47.0. The summed E-state index contributed by atoms with van der Waals surface area (Å²) < 4.78 is 0. The Labute approximate surface area is 403 Å². The van der Waals surface area contributed by atoms with Crippen molar-refractivity contribution in [2.24, 2.45) is 17.8 Å². The van der Waals surface area contributed by atoms with Crippen molar-refractivity contribution in [1.82, 2.24) is 0 Å². The highest BCUT2D eigenvalue weighted by molar-refractivity contribution is 7.00. The second kappa shape index (κ2) is 14.0. The quantitative estimate of drug-likeness (QED) is 0.163. The molecule has 342 valence electrons. The standard InChI is InChI=1S/C64H73BN2/c1-59(2,3)42-19-23-46(24-20-42)66-54-26-22-44(61(7,8)9)32-51(54)65-52-35-49-50(63(12,13)28-27-62(49,10)11)36-55(52)67(53-25-21-43(60(4,5)6)31-47(53)40-17-15-14-16-18-40)57-34-45(33-56(66)58(57)65)64-37-39-29-41(38-64)48(64)30-39/h14-26,31-36,39,41,48H,27-30,37-38H2,1-13H3. The molecule has 3 saturated carbocycles. The van der Waals surface area contributed by atoms with E-state index in [0.29, 0.717) is 0 Å². The van der Waals surface area contributed by atoms with Gasteiger partial charge in [0.15, 0.2) is 0 Å². The van der Waals surface area contributed by atoms with Crippen LogP contribution >= 0.6 is 0 Å². The van der Waals surface area contributed by atoms with Crippen molar-refractivity contribution in [2.75, 3.05) is 9.80 Å². The largest absolute Gasteiger partial charge is 0.311 e. The lowest BCUT2D eigenvalue weighted by Crippen LogP contribution is -2.62. The molecule has 6 aromatic carbocycles. The first kappa shape index (κ1) is 43.3. The van der Waals surface area contributed by atoms with E-state index in [1.165, 1.54) is 128 Å². The van der Waals surface area contributed by atoms with Crippen LogP contribution in [-0.2, 0) is 32.5 Å². The fourth-order valence-corrected chi connectivity index (χ4v) is 14.5. The minimum Gasteiger partial charge on any atom is -0.311 e. The summed E-state index contributed by atoms with van der Waals surface area (Å²) >= 11 is 0. The van der Waals surface area contributed by atoms with Crippen LogP contribution in [0.3, 0.4) is 0 Å². The number of nitrogens with zero attached hydrogens (tertiary/aromatic N) is 2. The minimum absolute atomic E-state index is 0.0000543. The molecular formula is C64H73BN2. The Hall–Kier alpha value is -5.02. The monoisotopic (exact) mass is 881 g/mol. The van der Waals surface area contributed by atoms with Gasteiger partial charge < -0.3 is 9.80 Å². The molecule has 0 aromatic heterocycles. The van der Waals surface area contributed by atoms with E-state index in [4.69, 9.17) is 0 Å². The average molecular weight is 881 g/mol. The number of rotatable bonds is 4. The molecule has 67 heavy (non-hydrogen) atoms. The number of hydrogen-bond acceptors (Lipinski definition) is 2. The Morgan fingerprint density at radius 1 is 0.507 bits per heavy atom. The van der Waals surface area contributed by atoms with E-state index < -0.39 is 0 Å². The first-order valence-electron chi connectivity index (χ1n) is 26.0. The summed E-state index contributed by atoms with van der Waals surface area (Å²) in [5.74, 6) is 2.55. The van der Waals surface area contributed by atoms with Gasteiger partial charge in [-0.1, -0.05) is 157 Å². The van der Waals surface area contributed by atoms with Crippen LogP contribution in [0.2, 0.25) is 0 Å². The Morgan fingerprint density at radius 3 is 1.67 bits per heavy atom. The van der Waals surface area contributed by atoms with Gasteiger partial charge in [0, 0.05) is 34.0 Å². The molecule has 4 aliphatic carbocycles. The molecule has 4 atom stereocenters. The van der Waals surface area contributed by atoms with Crippen LogP contribution in [0.1, 0.15) is 162 Å². The number of hydrogen-bond donors (Lipinski definition) is 0. The molecule has 4 unspecified atom stereocenters. The molecule has 6 aromatic rings. The van der Waals surface area contributed by atoms with Gasteiger partial charge in [-0.25, -0.2) is 0 Å². The first-order chi connectivity index (χ1) is 31.5. The number of benzene rings is 6. The van der Waals surface area contributed by atoms with E-state index in [2.05, 4.69) is 215 Å². The Balaban J connectivity index is 1.23. The van der Waals surface area contributed by atoms with Gasteiger partial charge in [0.2, 0.25) is 0 Å². The predicted molar refractivity (Wildman–Crippen MR) is 288 cm³/mol. The lowest BCUT2D eigenvalue weighted by atomic mass is 9.32. The third kappa shape index (κ3) is 6.41. The fraction of sp³-hybridized carbons (Fsp3) is 0.438. The van der Waals surface area contributed by atoms with Crippen LogP contribution in [0.4, 0.5) is 34.1 Å². The summed E-state index contributed by atoms with van der Waals surface area (Å²) in [5.41, 5.74) is 24.0. The van der Waals surface area contributed by atoms with Crippen molar-refractivity contribution in [3.05, 3.63) is 149 Å². The van der Waals surface area contributed by atoms with Gasteiger partial charge in [-0.15, -0.1) is 0 Å². The SMILES string of the molecule is CC(C)(C)c1ccc(N2c3ccc(C(C)(C)C)cc3B3c4cc5c(cc4N(c4ccc(C(C)(C)C)cc4-c4ccccc4)c4cc(C67CC8CC(C6)C7C8)cc2c43)C(C)(C)CCC5(C)C)cc1. The van der Waals surface area contributed by atoms with Gasteiger partial charge in [0.05, 0.1) is 5.69 Å². The second-order valence-electron chi connectivity index (χ2n) is 26.7. The van der Waals surface area contributed by atoms with Crippen molar-refractivity contribution < 1.29 is 0 Å². The third-order valence-electron chi connectivity index (χ3n) is 18.4. The number of anilines is 6. The lowest BCUT2D eigenvalue weighted by molar-refractivity contribution is 0.0399. The summed E-state index contributed by atoms with van der Waals surface area (Å²) in [5, 5.41) is 0. The van der Waals surface area contributed by atoms with Crippen molar-refractivity contribution in [3.8, 4) is 11.1 Å². The van der Waals surface area contributed by atoms with Crippen molar-refractivity contribution in [2.45, 2.75) is 161 Å². The van der Waals surface area contributed by atoms with Crippen molar-refractivity contribution in [3.63, 3.8) is 0 Å². The zero-order valence-corrected chi connectivity index (χ0v) is 42.9.